The van der Waals surface area contributed by atoms with E-state index in [4.69, 9.17) is 11.6 Å². The molecule has 0 fully saturated rings. The zero-order chi connectivity index (χ0) is 17.7. The molecule has 0 unspecified atom stereocenters. The quantitative estimate of drug-likeness (QED) is 0.738. The minimum Gasteiger partial charge on any atom is -0.340 e. The van der Waals surface area contributed by atoms with E-state index < -0.39 is 0 Å². The third-order valence-electron chi connectivity index (χ3n) is 4.09. The van der Waals surface area contributed by atoms with E-state index in [9.17, 15) is 4.79 Å². The second kappa shape index (κ2) is 8.60. The number of aryl methyl sites for hydroxylation is 1. The molecule has 1 amide bonds. The van der Waals surface area contributed by atoms with E-state index in [1.165, 1.54) is 11.3 Å². The molecule has 0 bridgehead atoms. The molecule has 0 aliphatic rings. The molecule has 0 saturated heterocycles. The smallest absolute Gasteiger partial charge is 0.265 e. The van der Waals surface area contributed by atoms with Crippen molar-refractivity contribution in [2.45, 2.75) is 20.8 Å². The molecule has 0 N–H and O–H groups in total. The van der Waals surface area contributed by atoms with Crippen LogP contribution >= 0.6 is 22.9 Å². The summed E-state index contributed by atoms with van der Waals surface area (Å²) in [4.78, 5) is 22.0. The van der Waals surface area contributed by atoms with Gasteiger partial charge in [0.2, 0.25) is 0 Å². The van der Waals surface area contributed by atoms with Crippen molar-refractivity contribution < 1.29 is 4.79 Å². The van der Waals surface area contributed by atoms with Gasteiger partial charge in [0.25, 0.3) is 5.91 Å². The van der Waals surface area contributed by atoms with Crippen LogP contribution in [0.25, 0.3) is 10.6 Å². The number of carbonyl (C=O) groups is 1. The Morgan fingerprint density at radius 2 is 1.88 bits per heavy atom. The summed E-state index contributed by atoms with van der Waals surface area (Å²) in [5, 5.41) is 1.44. The maximum atomic E-state index is 12.7. The molecule has 0 radical (unpaired) electrons. The summed E-state index contributed by atoms with van der Waals surface area (Å²) in [6.07, 6.45) is 0. The van der Waals surface area contributed by atoms with Crippen LogP contribution in [0.3, 0.4) is 0 Å². The van der Waals surface area contributed by atoms with Crippen molar-refractivity contribution in [2.24, 2.45) is 0 Å². The first kappa shape index (κ1) is 18.9. The SMILES string of the molecule is CCN(CC)CCN(C)C(=O)c1sc(-c2ccccc2Cl)nc1C. The lowest BCUT2D eigenvalue weighted by atomic mass is 10.2. The molecule has 0 atom stereocenters. The summed E-state index contributed by atoms with van der Waals surface area (Å²) < 4.78 is 0. The Balaban J connectivity index is 2.14. The molecule has 2 aromatic rings. The summed E-state index contributed by atoms with van der Waals surface area (Å²) in [7, 11) is 1.85. The van der Waals surface area contributed by atoms with Crippen LogP contribution < -0.4 is 0 Å². The van der Waals surface area contributed by atoms with Crippen LogP contribution in [-0.2, 0) is 0 Å². The molecule has 0 aliphatic carbocycles. The highest BCUT2D eigenvalue weighted by molar-refractivity contribution is 7.17. The number of thiazole rings is 1. The van der Waals surface area contributed by atoms with Gasteiger partial charge in [0.1, 0.15) is 9.88 Å². The Morgan fingerprint density at radius 1 is 1.21 bits per heavy atom. The third-order valence-corrected chi connectivity index (χ3v) is 5.60. The highest BCUT2D eigenvalue weighted by atomic mass is 35.5. The molecule has 0 saturated carbocycles. The lowest BCUT2D eigenvalue weighted by molar-refractivity contribution is 0.0783. The number of rotatable bonds is 7. The van der Waals surface area contributed by atoms with E-state index in [0.717, 1.165) is 35.9 Å². The number of likely N-dealkylation sites (N-methyl/N-ethyl adjacent to an activating group) is 2. The molecule has 4 nitrogen and oxygen atoms in total. The van der Waals surface area contributed by atoms with Crippen LogP contribution in [0, 0.1) is 6.92 Å². The van der Waals surface area contributed by atoms with Gasteiger partial charge in [-0.1, -0.05) is 43.6 Å². The van der Waals surface area contributed by atoms with Crippen molar-refractivity contribution in [3.05, 3.63) is 39.9 Å². The molecule has 0 aliphatic heterocycles. The standard InChI is InChI=1S/C18H24ClN3OS/c1-5-22(6-2)12-11-21(4)18(23)16-13(3)20-17(24-16)14-9-7-8-10-15(14)19/h7-10H,5-6,11-12H2,1-4H3. The fraction of sp³-hybridized carbons (Fsp3) is 0.444. The average molecular weight is 366 g/mol. The van der Waals surface area contributed by atoms with E-state index in [2.05, 4.69) is 23.7 Å². The fourth-order valence-corrected chi connectivity index (χ4v) is 3.83. The predicted molar refractivity (Wildman–Crippen MR) is 102 cm³/mol. The molecule has 6 heteroatoms. The number of benzene rings is 1. The largest absolute Gasteiger partial charge is 0.340 e. The number of halogens is 1. The van der Waals surface area contributed by atoms with E-state index in [1.807, 2.05) is 38.2 Å². The van der Waals surface area contributed by atoms with Gasteiger partial charge < -0.3 is 9.80 Å². The second-order valence-electron chi connectivity index (χ2n) is 5.67. The summed E-state index contributed by atoms with van der Waals surface area (Å²) in [5.74, 6) is 0.0236. The summed E-state index contributed by atoms with van der Waals surface area (Å²) >= 11 is 7.65. The number of aromatic nitrogens is 1. The first-order chi connectivity index (χ1) is 11.5. The molecule has 2 rings (SSSR count). The van der Waals surface area contributed by atoms with Crippen LogP contribution in [-0.4, -0.2) is 53.9 Å². The van der Waals surface area contributed by atoms with Gasteiger partial charge in [-0.05, 0) is 26.1 Å². The first-order valence-electron chi connectivity index (χ1n) is 8.18. The van der Waals surface area contributed by atoms with Crippen LogP contribution in [0.2, 0.25) is 5.02 Å². The molecule has 24 heavy (non-hydrogen) atoms. The van der Waals surface area contributed by atoms with Crippen molar-refractivity contribution in [3.8, 4) is 10.6 Å². The summed E-state index contributed by atoms with van der Waals surface area (Å²) in [5.41, 5.74) is 1.63. The van der Waals surface area contributed by atoms with Gasteiger partial charge in [0.15, 0.2) is 0 Å². The van der Waals surface area contributed by atoms with Gasteiger partial charge in [-0.3, -0.25) is 4.79 Å². The van der Waals surface area contributed by atoms with Crippen molar-refractivity contribution in [1.29, 1.82) is 0 Å². The minimum absolute atomic E-state index is 0.0236. The van der Waals surface area contributed by atoms with Crippen LogP contribution in [0.5, 0.6) is 0 Å². The van der Waals surface area contributed by atoms with Gasteiger partial charge in [0.05, 0.1) is 10.7 Å². The fourth-order valence-electron chi connectivity index (χ4n) is 2.45. The Morgan fingerprint density at radius 3 is 2.50 bits per heavy atom. The van der Waals surface area contributed by atoms with E-state index in [1.54, 1.807) is 4.90 Å². The number of amides is 1. The number of nitrogens with zero attached hydrogens (tertiary/aromatic N) is 3. The zero-order valence-electron chi connectivity index (χ0n) is 14.7. The Labute approximate surface area is 153 Å². The van der Waals surface area contributed by atoms with Crippen LogP contribution in [0.15, 0.2) is 24.3 Å². The molecular formula is C18H24ClN3OS. The highest BCUT2D eigenvalue weighted by Gasteiger charge is 2.20. The number of carbonyl (C=O) groups excluding carboxylic acids is 1. The van der Waals surface area contributed by atoms with E-state index in [0.29, 0.717) is 16.4 Å². The third kappa shape index (κ3) is 4.35. The van der Waals surface area contributed by atoms with E-state index >= 15 is 0 Å². The number of hydrogen-bond acceptors (Lipinski definition) is 4. The van der Waals surface area contributed by atoms with Gasteiger partial charge in [0, 0.05) is 25.7 Å². The van der Waals surface area contributed by atoms with Gasteiger partial charge in [-0.15, -0.1) is 11.3 Å². The van der Waals surface area contributed by atoms with Crippen molar-refractivity contribution in [2.75, 3.05) is 33.2 Å². The highest BCUT2D eigenvalue weighted by Crippen LogP contribution is 2.33. The maximum Gasteiger partial charge on any atom is 0.265 e. The van der Waals surface area contributed by atoms with Gasteiger partial charge in [-0.25, -0.2) is 4.98 Å². The molecule has 130 valence electrons. The Kier molecular flexibility index (Phi) is 6.78. The predicted octanol–water partition coefficient (Wildman–Crippen LogP) is 4.19. The average Bonchev–Trinajstić information content (AvgIpc) is 2.96. The molecular weight excluding hydrogens is 342 g/mol. The minimum atomic E-state index is 0.0236. The summed E-state index contributed by atoms with van der Waals surface area (Å²) in [6.45, 7) is 9.72. The zero-order valence-corrected chi connectivity index (χ0v) is 16.2. The summed E-state index contributed by atoms with van der Waals surface area (Å²) in [6, 6.07) is 7.58. The van der Waals surface area contributed by atoms with Crippen molar-refractivity contribution in [3.63, 3.8) is 0 Å². The lowest BCUT2D eigenvalue weighted by Crippen LogP contribution is -2.36. The van der Waals surface area contributed by atoms with Crippen molar-refractivity contribution in [1.82, 2.24) is 14.8 Å². The Hall–Kier alpha value is -1.43. The number of hydrogen-bond donors (Lipinski definition) is 0. The van der Waals surface area contributed by atoms with E-state index in [-0.39, 0.29) is 5.91 Å². The second-order valence-corrected chi connectivity index (χ2v) is 7.07. The van der Waals surface area contributed by atoms with Crippen LogP contribution in [0.4, 0.5) is 0 Å². The first-order valence-corrected chi connectivity index (χ1v) is 9.37. The Bertz CT molecular complexity index is 697. The van der Waals surface area contributed by atoms with Crippen molar-refractivity contribution >= 4 is 28.8 Å². The monoisotopic (exact) mass is 365 g/mol. The van der Waals surface area contributed by atoms with Crippen LogP contribution in [0.1, 0.15) is 29.2 Å². The molecule has 1 heterocycles. The normalized spacial score (nSPS) is 11.1. The molecule has 1 aromatic carbocycles. The molecule has 1 aromatic heterocycles. The van der Waals surface area contributed by atoms with Gasteiger partial charge >= 0.3 is 0 Å². The van der Waals surface area contributed by atoms with Gasteiger partial charge in [-0.2, -0.15) is 0 Å². The maximum absolute atomic E-state index is 12.7. The lowest BCUT2D eigenvalue weighted by Gasteiger charge is -2.22. The topological polar surface area (TPSA) is 36.4 Å². The molecule has 0 spiro atoms.